The number of carbonyl (C=O) groups excluding carboxylic acids is 1. The van der Waals surface area contributed by atoms with Gasteiger partial charge in [0.15, 0.2) is 5.76 Å². The fraction of sp³-hybridized carbons (Fsp3) is 0.578. The van der Waals surface area contributed by atoms with Gasteiger partial charge in [-0.15, -0.1) is 0 Å². The second kappa shape index (κ2) is 20.4. The third-order valence-corrected chi connectivity index (χ3v) is 10.9. The van der Waals surface area contributed by atoms with E-state index in [1.807, 2.05) is 0 Å². The number of ketones is 1. The van der Waals surface area contributed by atoms with Crippen molar-refractivity contribution in [2.45, 2.75) is 119 Å². The first-order valence-corrected chi connectivity index (χ1v) is 18.9. The number of carbonyl (C=O) groups is 1. The Balaban J connectivity index is 1.73. The highest BCUT2D eigenvalue weighted by molar-refractivity contribution is 5.81. The summed E-state index contributed by atoms with van der Waals surface area (Å²) in [5.41, 5.74) is 4.10. The van der Waals surface area contributed by atoms with Crippen molar-refractivity contribution in [2.24, 2.45) is 35.0 Å². The van der Waals surface area contributed by atoms with Crippen LogP contribution in [-0.2, 0) is 14.3 Å². The molecule has 0 N–H and O–H groups in total. The Bertz CT molecular complexity index is 1310. The maximum absolute atomic E-state index is 14.1. The Morgan fingerprint density at radius 3 is 2.58 bits per heavy atom. The molecule has 0 bridgehead atoms. The van der Waals surface area contributed by atoms with E-state index in [0.29, 0.717) is 36.6 Å². The molecule has 0 saturated heterocycles. The Morgan fingerprint density at radius 2 is 1.90 bits per heavy atom. The molecule has 3 rings (SSSR count). The van der Waals surface area contributed by atoms with Crippen molar-refractivity contribution in [1.29, 1.82) is 0 Å². The van der Waals surface area contributed by atoms with Crippen LogP contribution in [0.15, 0.2) is 107 Å². The van der Waals surface area contributed by atoms with E-state index in [2.05, 4.69) is 127 Å². The molecule has 264 valence electrons. The first-order chi connectivity index (χ1) is 23.1. The van der Waals surface area contributed by atoms with Crippen molar-refractivity contribution in [1.82, 2.24) is 0 Å². The highest BCUT2D eigenvalue weighted by Crippen LogP contribution is 2.39. The maximum atomic E-state index is 14.1. The van der Waals surface area contributed by atoms with E-state index in [-0.39, 0.29) is 17.3 Å². The highest BCUT2D eigenvalue weighted by Gasteiger charge is 2.31. The molecule has 0 saturated carbocycles. The van der Waals surface area contributed by atoms with Gasteiger partial charge in [-0.3, -0.25) is 4.79 Å². The summed E-state index contributed by atoms with van der Waals surface area (Å²) >= 11 is 0. The number of ether oxygens (including phenoxy) is 2. The smallest absolute Gasteiger partial charge is 0.156 e. The first-order valence-electron chi connectivity index (χ1n) is 18.9. The molecule has 0 aromatic carbocycles. The molecule has 0 heterocycles. The largest absolute Gasteiger partial charge is 0.493 e. The van der Waals surface area contributed by atoms with Gasteiger partial charge in [0.25, 0.3) is 0 Å². The molecule has 3 heteroatoms. The fourth-order valence-corrected chi connectivity index (χ4v) is 7.33. The minimum absolute atomic E-state index is 0.0505. The molecule has 0 aromatic rings. The zero-order valence-electron chi connectivity index (χ0n) is 31.6. The second-order valence-corrected chi connectivity index (χ2v) is 15.0. The number of unbranched alkanes of at least 4 members (excludes halogenated alkanes) is 1. The lowest BCUT2D eigenvalue weighted by Crippen LogP contribution is -2.27. The average molecular weight is 655 g/mol. The van der Waals surface area contributed by atoms with Crippen molar-refractivity contribution >= 4 is 5.78 Å². The topological polar surface area (TPSA) is 35.5 Å². The van der Waals surface area contributed by atoms with E-state index in [0.717, 1.165) is 75.7 Å². The minimum atomic E-state index is 0.0505. The number of hydrogen-bond donors (Lipinski definition) is 0. The van der Waals surface area contributed by atoms with Crippen LogP contribution in [0, 0.1) is 35.0 Å². The first kappa shape index (κ1) is 39.4. The monoisotopic (exact) mass is 655 g/mol. The fourth-order valence-electron chi connectivity index (χ4n) is 7.33. The minimum Gasteiger partial charge on any atom is -0.493 e. The van der Waals surface area contributed by atoms with Crippen LogP contribution in [0.2, 0.25) is 0 Å². The van der Waals surface area contributed by atoms with Gasteiger partial charge in [-0.2, -0.15) is 0 Å². The number of methoxy groups -OCH3 is 1. The van der Waals surface area contributed by atoms with Gasteiger partial charge in [-0.25, -0.2) is 0 Å². The molecular weight excluding hydrogens is 588 g/mol. The summed E-state index contributed by atoms with van der Waals surface area (Å²) in [4.78, 5) is 14.1. The van der Waals surface area contributed by atoms with Gasteiger partial charge in [0, 0.05) is 18.3 Å². The van der Waals surface area contributed by atoms with Crippen molar-refractivity contribution < 1.29 is 14.3 Å². The average Bonchev–Trinajstić information content (AvgIpc) is 3.07. The molecule has 0 aliphatic heterocycles. The summed E-state index contributed by atoms with van der Waals surface area (Å²) in [6.07, 6.45) is 39.5. The molecule has 48 heavy (non-hydrogen) atoms. The zero-order chi connectivity index (χ0) is 34.9. The van der Waals surface area contributed by atoms with Crippen LogP contribution in [0.25, 0.3) is 0 Å². The molecule has 0 fully saturated rings. The van der Waals surface area contributed by atoms with Crippen LogP contribution in [0.5, 0.6) is 0 Å². The predicted octanol–water partition coefficient (Wildman–Crippen LogP) is 12.5. The highest BCUT2D eigenvalue weighted by atomic mass is 16.5. The van der Waals surface area contributed by atoms with Crippen LogP contribution in [0.4, 0.5) is 0 Å². The quantitative estimate of drug-likeness (QED) is 0.123. The van der Waals surface area contributed by atoms with Crippen LogP contribution in [0.3, 0.4) is 0 Å². The van der Waals surface area contributed by atoms with Crippen LogP contribution in [0.1, 0.15) is 119 Å². The van der Waals surface area contributed by atoms with Crippen LogP contribution >= 0.6 is 0 Å². The van der Waals surface area contributed by atoms with E-state index < -0.39 is 0 Å². The van der Waals surface area contributed by atoms with Crippen molar-refractivity contribution in [2.75, 3.05) is 13.7 Å². The Hall–Kier alpha value is -3.07. The van der Waals surface area contributed by atoms with Crippen LogP contribution in [-0.4, -0.2) is 19.5 Å². The normalized spacial score (nSPS) is 25.0. The number of hydrogen-bond acceptors (Lipinski definition) is 3. The summed E-state index contributed by atoms with van der Waals surface area (Å²) < 4.78 is 12.3. The molecule has 0 radical (unpaired) electrons. The second-order valence-electron chi connectivity index (χ2n) is 15.0. The lowest BCUT2D eigenvalue weighted by atomic mass is 9.71. The Kier molecular flexibility index (Phi) is 16.8. The number of rotatable bonds is 20. The third-order valence-electron chi connectivity index (χ3n) is 10.9. The summed E-state index contributed by atoms with van der Waals surface area (Å²) in [5, 5.41) is 0. The van der Waals surface area contributed by atoms with Gasteiger partial charge in [-0.05, 0) is 99.5 Å². The Labute approximate surface area is 294 Å². The van der Waals surface area contributed by atoms with Crippen molar-refractivity contribution in [3.8, 4) is 0 Å². The summed E-state index contributed by atoms with van der Waals surface area (Å²) in [5.74, 6) is 3.84. The van der Waals surface area contributed by atoms with E-state index in [1.165, 1.54) is 16.7 Å². The molecule has 3 aliphatic rings. The van der Waals surface area contributed by atoms with Gasteiger partial charge in [0.05, 0.1) is 7.11 Å². The van der Waals surface area contributed by atoms with Gasteiger partial charge < -0.3 is 9.47 Å². The molecule has 0 aromatic heterocycles. The Morgan fingerprint density at radius 1 is 1.08 bits per heavy atom. The molecule has 3 aliphatic carbocycles. The van der Waals surface area contributed by atoms with E-state index in [9.17, 15) is 4.79 Å². The van der Waals surface area contributed by atoms with Gasteiger partial charge >= 0.3 is 0 Å². The predicted molar refractivity (Wildman–Crippen MR) is 205 cm³/mol. The summed E-state index contributed by atoms with van der Waals surface area (Å²) in [7, 11) is 1.74. The van der Waals surface area contributed by atoms with Crippen molar-refractivity contribution in [3.05, 3.63) is 107 Å². The molecule has 0 spiro atoms. The molecule has 6 atom stereocenters. The lowest BCUT2D eigenvalue weighted by Gasteiger charge is -2.34. The zero-order valence-corrected chi connectivity index (χ0v) is 31.6. The summed E-state index contributed by atoms with van der Waals surface area (Å²) in [6.45, 7) is 16.3. The lowest BCUT2D eigenvalue weighted by molar-refractivity contribution is -0.125. The van der Waals surface area contributed by atoms with E-state index in [1.54, 1.807) is 7.11 Å². The molecule has 3 nitrogen and oxygen atoms in total. The summed E-state index contributed by atoms with van der Waals surface area (Å²) in [6, 6.07) is 0. The molecular formula is C45H66O3. The van der Waals surface area contributed by atoms with Gasteiger partial charge in [-0.1, -0.05) is 132 Å². The number of Topliss-reactive ketones (excluding diaryl/α,β-unsaturated/α-hetero) is 1. The maximum Gasteiger partial charge on any atom is 0.156 e. The molecule has 0 amide bonds. The van der Waals surface area contributed by atoms with Crippen LogP contribution < -0.4 is 0 Å². The SMILES string of the molecule is CC=CC=CC(=CCCC)CCC(C)C(CCC1=CC(OC)=C(OCC2=CC(C)CC=C2)C(C)C1)C(=O)CCC(C)C1(C)C=CC=CC1. The van der Waals surface area contributed by atoms with E-state index in [4.69, 9.17) is 9.47 Å². The van der Waals surface area contributed by atoms with E-state index >= 15 is 0 Å². The number of allylic oxidation sites excluding steroid dienone is 15. The van der Waals surface area contributed by atoms with Gasteiger partial charge in [0.1, 0.15) is 18.1 Å². The van der Waals surface area contributed by atoms with Gasteiger partial charge in [0.2, 0.25) is 0 Å². The standard InChI is InChI=1S/C45H66O3/c1-9-11-14-20-38(19-12-10-2)24-22-35(4)41(42(46)27-23-37(6)45(7)28-15-13-16-29-45)26-25-39-31-36(5)44(43(32-39)47-8)48-33-40-21-17-18-34(3)30-40/h9,11,13-17,19-21,28,30,32,34-37,41H,10,12,18,22-27,29,31,33H2,1-8H3. The van der Waals surface area contributed by atoms with Crippen molar-refractivity contribution in [3.63, 3.8) is 0 Å². The third kappa shape index (κ3) is 12.4. The molecule has 6 unspecified atom stereocenters.